The van der Waals surface area contributed by atoms with E-state index in [9.17, 15) is 28.3 Å². The van der Waals surface area contributed by atoms with Crippen LogP contribution in [0.25, 0.3) is 11.1 Å². The van der Waals surface area contributed by atoms with Gasteiger partial charge in [-0.15, -0.1) is 0 Å². The van der Waals surface area contributed by atoms with Crippen molar-refractivity contribution in [1.29, 1.82) is 0 Å². The molecule has 10 heteroatoms. The number of hydrogen-bond donors (Lipinski definition) is 2. The lowest BCUT2D eigenvalue weighted by molar-refractivity contribution is -0.138. The molecule has 1 aromatic heterocycles. The summed E-state index contributed by atoms with van der Waals surface area (Å²) >= 11 is 0. The Morgan fingerprint density at radius 2 is 1.70 bits per heavy atom. The Labute approximate surface area is 255 Å². The van der Waals surface area contributed by atoms with E-state index in [4.69, 9.17) is 0 Å². The van der Waals surface area contributed by atoms with Gasteiger partial charge in [-0.25, -0.2) is 13.2 Å². The molecular weight excluding hydrogens is 571 g/mol. The molecule has 1 unspecified atom stereocenters. The minimum Gasteiger partial charge on any atom is -0.481 e. The average molecular weight is 612 g/mol. The summed E-state index contributed by atoms with van der Waals surface area (Å²) in [5.41, 5.74) is 3.26. The third kappa shape index (κ3) is 7.59. The predicted octanol–water partition coefficient (Wildman–Crippen LogP) is 5.83. The number of benzene rings is 2. The van der Waals surface area contributed by atoms with Gasteiger partial charge in [0, 0.05) is 31.4 Å². The molecule has 1 saturated heterocycles. The second kappa shape index (κ2) is 13.8. The van der Waals surface area contributed by atoms with Crippen molar-refractivity contribution in [3.63, 3.8) is 0 Å². The number of likely N-dealkylation sites (tertiary alicyclic amines) is 1. The zero-order chi connectivity index (χ0) is 32.3. The van der Waals surface area contributed by atoms with Gasteiger partial charge in [0.2, 0.25) is 5.91 Å². The van der Waals surface area contributed by atoms with Crippen LogP contribution in [0.15, 0.2) is 47.4 Å². The van der Waals surface area contributed by atoms with E-state index in [0.717, 1.165) is 27.3 Å². The van der Waals surface area contributed by atoms with Crippen molar-refractivity contribution in [3.05, 3.63) is 92.4 Å². The van der Waals surface area contributed by atoms with E-state index in [0.29, 0.717) is 37.2 Å². The number of pyridine rings is 1. The first-order valence-corrected chi connectivity index (χ1v) is 14.9. The number of carbonyl (C=O) groups excluding carboxylic acids is 1. The van der Waals surface area contributed by atoms with Gasteiger partial charge in [-0.3, -0.25) is 19.3 Å². The molecule has 1 aliphatic rings. The van der Waals surface area contributed by atoms with Crippen LogP contribution in [0.3, 0.4) is 0 Å². The maximum absolute atomic E-state index is 15.7. The van der Waals surface area contributed by atoms with Gasteiger partial charge in [-0.05, 0) is 91.1 Å². The molecule has 0 bridgehead atoms. The lowest BCUT2D eigenvalue weighted by Gasteiger charge is -2.34. The van der Waals surface area contributed by atoms with Crippen LogP contribution >= 0.6 is 0 Å². The molecule has 0 spiro atoms. The molecular formula is C34H40F3N3O4. The first-order chi connectivity index (χ1) is 20.7. The number of amides is 1. The summed E-state index contributed by atoms with van der Waals surface area (Å²) in [6.07, 6.45) is 0.434. The highest BCUT2D eigenvalue weighted by atomic mass is 19.1. The Kier molecular flexibility index (Phi) is 10.3. The average Bonchev–Trinajstić information content (AvgIpc) is 2.92. The number of aliphatic carboxylic acids is 1. The van der Waals surface area contributed by atoms with Crippen molar-refractivity contribution >= 4 is 11.9 Å². The van der Waals surface area contributed by atoms with E-state index in [-0.39, 0.29) is 23.5 Å². The summed E-state index contributed by atoms with van der Waals surface area (Å²) in [5, 5.41) is 12.4. The van der Waals surface area contributed by atoms with Crippen molar-refractivity contribution in [1.82, 2.24) is 14.8 Å². The summed E-state index contributed by atoms with van der Waals surface area (Å²) in [4.78, 5) is 40.7. The van der Waals surface area contributed by atoms with Crippen LogP contribution in [0.4, 0.5) is 13.2 Å². The number of hydrogen-bond acceptors (Lipinski definition) is 4. The van der Waals surface area contributed by atoms with Crippen molar-refractivity contribution in [2.75, 3.05) is 19.6 Å². The second-order valence-electron chi connectivity index (χ2n) is 12.3. The Balaban J connectivity index is 1.71. The number of nitrogens with zero attached hydrogens (tertiary/aromatic N) is 2. The number of aromatic nitrogens is 1. The van der Waals surface area contributed by atoms with Crippen LogP contribution in [0, 0.1) is 38.3 Å². The summed E-state index contributed by atoms with van der Waals surface area (Å²) in [6, 6.07) is 7.71. The van der Waals surface area contributed by atoms with Gasteiger partial charge in [0.05, 0.1) is 12.5 Å². The first-order valence-electron chi connectivity index (χ1n) is 14.9. The molecule has 44 heavy (non-hydrogen) atoms. The van der Waals surface area contributed by atoms with E-state index >= 15 is 4.39 Å². The third-order valence-electron chi connectivity index (χ3n) is 8.14. The van der Waals surface area contributed by atoms with Crippen molar-refractivity contribution in [2.24, 2.45) is 5.92 Å². The fourth-order valence-corrected chi connectivity index (χ4v) is 5.91. The molecule has 1 amide bonds. The van der Waals surface area contributed by atoms with Crippen LogP contribution in [0.5, 0.6) is 0 Å². The fraction of sp³-hybridized carbons (Fsp3) is 0.441. The molecule has 2 aromatic carbocycles. The van der Waals surface area contributed by atoms with Gasteiger partial charge in [-0.1, -0.05) is 32.0 Å². The van der Waals surface area contributed by atoms with Crippen LogP contribution in [-0.2, 0) is 16.0 Å². The SMILES string of the molecule is Cc1cc(-c2c(C)cccc2C)cc([C@H](CC(=O)O)NC(=O)C(CC(C)C)n2cc(CCN3CC(F)C3)cc(F)c2=O)c1F. The maximum Gasteiger partial charge on any atom is 0.305 e. The Bertz CT molecular complexity index is 1580. The molecule has 4 rings (SSSR count). The van der Waals surface area contributed by atoms with Crippen molar-refractivity contribution in [2.45, 2.75) is 72.1 Å². The lowest BCUT2D eigenvalue weighted by atomic mass is 9.90. The van der Waals surface area contributed by atoms with Gasteiger partial charge in [0.15, 0.2) is 5.82 Å². The van der Waals surface area contributed by atoms with E-state index in [1.54, 1.807) is 19.1 Å². The van der Waals surface area contributed by atoms with E-state index in [1.165, 1.54) is 6.20 Å². The topological polar surface area (TPSA) is 91.6 Å². The van der Waals surface area contributed by atoms with Gasteiger partial charge < -0.3 is 15.0 Å². The maximum atomic E-state index is 15.7. The largest absolute Gasteiger partial charge is 0.481 e. The van der Waals surface area contributed by atoms with Gasteiger partial charge in [0.1, 0.15) is 18.0 Å². The summed E-state index contributed by atoms with van der Waals surface area (Å²) < 4.78 is 44.8. The van der Waals surface area contributed by atoms with Crippen LogP contribution in [-0.4, -0.2) is 52.3 Å². The zero-order valence-electron chi connectivity index (χ0n) is 25.8. The Hall–Kier alpha value is -3.92. The molecule has 1 fully saturated rings. The highest BCUT2D eigenvalue weighted by molar-refractivity contribution is 5.82. The Morgan fingerprint density at radius 1 is 1.05 bits per heavy atom. The summed E-state index contributed by atoms with van der Waals surface area (Å²) in [7, 11) is 0. The molecule has 3 aromatic rings. The number of aryl methyl sites for hydroxylation is 3. The molecule has 0 radical (unpaired) electrons. The number of carboxylic acids is 1. The number of alkyl halides is 1. The quantitative estimate of drug-likeness (QED) is 0.269. The van der Waals surface area contributed by atoms with E-state index in [2.05, 4.69) is 5.32 Å². The highest BCUT2D eigenvalue weighted by Crippen LogP contribution is 2.33. The number of carbonyl (C=O) groups is 2. The van der Waals surface area contributed by atoms with Crippen molar-refractivity contribution in [3.8, 4) is 11.1 Å². The van der Waals surface area contributed by atoms with E-state index < -0.39 is 53.7 Å². The molecule has 0 saturated carbocycles. The van der Waals surface area contributed by atoms with Gasteiger partial charge in [0.25, 0.3) is 5.56 Å². The third-order valence-corrected chi connectivity index (χ3v) is 8.14. The zero-order valence-corrected chi connectivity index (χ0v) is 25.8. The van der Waals surface area contributed by atoms with Crippen LogP contribution in [0.2, 0.25) is 0 Å². The van der Waals surface area contributed by atoms with Crippen LogP contribution < -0.4 is 10.9 Å². The van der Waals surface area contributed by atoms with Gasteiger partial charge >= 0.3 is 5.97 Å². The first kappa shape index (κ1) is 33.0. The molecule has 2 N–H and O–H groups in total. The predicted molar refractivity (Wildman–Crippen MR) is 163 cm³/mol. The minimum atomic E-state index is -1.26. The lowest BCUT2D eigenvalue weighted by Crippen LogP contribution is -2.49. The molecule has 1 aliphatic heterocycles. The molecule has 2 heterocycles. The normalized spacial score (nSPS) is 15.2. The molecule has 7 nitrogen and oxygen atoms in total. The number of nitrogens with one attached hydrogen (secondary N) is 1. The highest BCUT2D eigenvalue weighted by Gasteiger charge is 2.30. The van der Waals surface area contributed by atoms with Crippen molar-refractivity contribution < 1.29 is 27.9 Å². The van der Waals surface area contributed by atoms with Crippen LogP contribution in [0.1, 0.15) is 66.6 Å². The molecule has 0 aliphatic carbocycles. The molecule has 236 valence electrons. The monoisotopic (exact) mass is 611 g/mol. The van der Waals surface area contributed by atoms with E-state index in [1.807, 2.05) is 50.8 Å². The fourth-order valence-electron chi connectivity index (χ4n) is 5.91. The second-order valence-corrected chi connectivity index (χ2v) is 12.3. The minimum absolute atomic E-state index is 0.00898. The summed E-state index contributed by atoms with van der Waals surface area (Å²) in [6.45, 7) is 10.2. The number of halogens is 3. The number of rotatable bonds is 12. The van der Waals surface area contributed by atoms with Gasteiger partial charge in [-0.2, -0.15) is 0 Å². The standard InChI is InChI=1S/C34H40F3N3O4/c1-19(2)11-29(40-16-23(13-27(36)34(40)44)9-10-39-17-25(35)18-39)33(43)38-28(15-30(41)42)26-14-24(12-22(5)32(26)37)31-20(3)7-6-8-21(31)4/h6-8,12-14,16,19,25,28-29H,9-11,15,17-18H2,1-5H3,(H,38,43)(H,41,42)/t28-,29?/m0/s1. The number of carboxylic acid groups (broad SMARTS) is 1. The Morgan fingerprint density at radius 3 is 2.30 bits per heavy atom. The summed E-state index contributed by atoms with van der Waals surface area (Å²) in [5.74, 6) is -3.74. The molecule has 2 atom stereocenters. The smallest absolute Gasteiger partial charge is 0.305 e.